The molecule has 0 radical (unpaired) electrons. The largest absolute Gasteiger partial charge is 0.430 e. The molecule has 21 heavy (non-hydrogen) atoms. The molecule has 0 N–H and O–H groups in total. The summed E-state index contributed by atoms with van der Waals surface area (Å²) in [6.45, 7) is 5.42. The molecule has 0 saturated carbocycles. The number of aryl methyl sites for hydroxylation is 2. The highest BCUT2D eigenvalue weighted by Crippen LogP contribution is 2.17. The van der Waals surface area contributed by atoms with Crippen LogP contribution < -0.4 is 0 Å². The molecule has 4 heteroatoms. The molecule has 2 rings (SSSR count). The summed E-state index contributed by atoms with van der Waals surface area (Å²) in [6.07, 6.45) is 4.04. The molecule has 1 aromatic carbocycles. The molecule has 4 nitrogen and oxygen atoms in total. The Bertz CT molecular complexity index is 660. The summed E-state index contributed by atoms with van der Waals surface area (Å²) in [4.78, 5) is 35.4. The van der Waals surface area contributed by atoms with E-state index in [1.54, 1.807) is 6.08 Å². The number of allylic oxidation sites excluding steroid dienone is 3. The van der Waals surface area contributed by atoms with Crippen LogP contribution in [-0.4, -0.2) is 17.5 Å². The van der Waals surface area contributed by atoms with Crippen LogP contribution in [0.1, 0.15) is 23.6 Å². The van der Waals surface area contributed by atoms with Crippen molar-refractivity contribution in [2.45, 2.75) is 20.8 Å². The Labute approximate surface area is 123 Å². The first kappa shape index (κ1) is 14.9. The van der Waals surface area contributed by atoms with E-state index in [4.69, 9.17) is 4.74 Å². The van der Waals surface area contributed by atoms with Gasteiger partial charge in [0, 0.05) is 6.08 Å². The SMILES string of the molecule is CC1=CC(=O)[C@@H](C(=O)/C=C\c2cc(C)cc(C)c2)C(=O)O1. The lowest BCUT2D eigenvalue weighted by Crippen LogP contribution is -2.34. The predicted molar refractivity (Wildman–Crippen MR) is 78.3 cm³/mol. The number of esters is 1. The van der Waals surface area contributed by atoms with Gasteiger partial charge in [-0.1, -0.05) is 35.4 Å². The van der Waals surface area contributed by atoms with E-state index < -0.39 is 23.5 Å². The van der Waals surface area contributed by atoms with Crippen molar-refractivity contribution in [2.24, 2.45) is 5.92 Å². The Hall–Kier alpha value is -2.49. The van der Waals surface area contributed by atoms with Gasteiger partial charge in [-0.05, 0) is 32.4 Å². The zero-order valence-electron chi connectivity index (χ0n) is 12.2. The summed E-state index contributed by atoms with van der Waals surface area (Å²) in [5.41, 5.74) is 3.01. The summed E-state index contributed by atoms with van der Waals surface area (Å²) in [5.74, 6) is -3.06. The zero-order valence-corrected chi connectivity index (χ0v) is 12.2. The van der Waals surface area contributed by atoms with Crippen LogP contribution in [0.25, 0.3) is 6.08 Å². The number of ketones is 2. The lowest BCUT2D eigenvalue weighted by Gasteiger charge is -2.15. The fourth-order valence-electron chi connectivity index (χ4n) is 2.28. The third-order valence-electron chi connectivity index (χ3n) is 3.10. The minimum Gasteiger partial charge on any atom is -0.430 e. The highest BCUT2D eigenvalue weighted by atomic mass is 16.5. The van der Waals surface area contributed by atoms with Crippen LogP contribution in [0.15, 0.2) is 36.1 Å². The van der Waals surface area contributed by atoms with Crippen molar-refractivity contribution >= 4 is 23.6 Å². The van der Waals surface area contributed by atoms with E-state index in [9.17, 15) is 14.4 Å². The smallest absolute Gasteiger partial charge is 0.329 e. The van der Waals surface area contributed by atoms with E-state index in [1.165, 1.54) is 19.1 Å². The van der Waals surface area contributed by atoms with Gasteiger partial charge in [0.05, 0.1) is 0 Å². The van der Waals surface area contributed by atoms with Crippen LogP contribution in [0.2, 0.25) is 0 Å². The molecule has 0 saturated heterocycles. The fourth-order valence-corrected chi connectivity index (χ4v) is 2.28. The number of hydrogen-bond acceptors (Lipinski definition) is 4. The number of carbonyl (C=O) groups is 3. The van der Waals surface area contributed by atoms with E-state index in [0.29, 0.717) is 0 Å². The maximum atomic E-state index is 12.0. The predicted octanol–water partition coefficient (Wildman–Crippen LogP) is 2.53. The van der Waals surface area contributed by atoms with Gasteiger partial charge >= 0.3 is 5.97 Å². The van der Waals surface area contributed by atoms with E-state index in [2.05, 4.69) is 0 Å². The molecular formula is C17H16O4. The van der Waals surface area contributed by atoms with Crippen molar-refractivity contribution in [2.75, 3.05) is 0 Å². The van der Waals surface area contributed by atoms with Gasteiger partial charge in [-0.3, -0.25) is 14.4 Å². The third-order valence-corrected chi connectivity index (χ3v) is 3.10. The topological polar surface area (TPSA) is 60.4 Å². The molecule has 1 aliphatic rings. The summed E-state index contributed by atoms with van der Waals surface area (Å²) < 4.78 is 4.83. The molecule has 0 bridgehead atoms. The fraction of sp³-hybridized carbons (Fsp3) is 0.235. The number of carbonyl (C=O) groups excluding carboxylic acids is 3. The Morgan fingerprint density at radius 1 is 1.10 bits per heavy atom. The highest BCUT2D eigenvalue weighted by molar-refractivity contribution is 6.25. The second kappa shape index (κ2) is 5.87. The molecule has 0 amide bonds. The van der Waals surface area contributed by atoms with Crippen LogP contribution in [0, 0.1) is 19.8 Å². The van der Waals surface area contributed by atoms with Gasteiger partial charge in [0.15, 0.2) is 17.5 Å². The lowest BCUT2D eigenvalue weighted by molar-refractivity contribution is -0.151. The molecule has 0 unspecified atom stereocenters. The van der Waals surface area contributed by atoms with E-state index in [-0.39, 0.29) is 5.76 Å². The van der Waals surface area contributed by atoms with E-state index >= 15 is 0 Å². The van der Waals surface area contributed by atoms with Crippen LogP contribution in [-0.2, 0) is 19.1 Å². The molecule has 1 aliphatic heterocycles. The summed E-state index contributed by atoms with van der Waals surface area (Å²) in [7, 11) is 0. The summed E-state index contributed by atoms with van der Waals surface area (Å²) >= 11 is 0. The Balaban J connectivity index is 2.19. The van der Waals surface area contributed by atoms with Crippen molar-refractivity contribution in [1.29, 1.82) is 0 Å². The van der Waals surface area contributed by atoms with Gasteiger partial charge in [-0.15, -0.1) is 0 Å². The first-order valence-electron chi connectivity index (χ1n) is 6.61. The molecule has 0 aromatic heterocycles. The number of cyclic esters (lactones) is 1. The lowest BCUT2D eigenvalue weighted by atomic mass is 9.95. The number of hydrogen-bond donors (Lipinski definition) is 0. The average molecular weight is 284 g/mol. The molecule has 1 aromatic rings. The van der Waals surface area contributed by atoms with E-state index in [1.807, 2.05) is 32.0 Å². The van der Waals surface area contributed by atoms with Crippen LogP contribution in [0.3, 0.4) is 0 Å². The first-order valence-corrected chi connectivity index (χ1v) is 6.61. The van der Waals surface area contributed by atoms with Crippen molar-refractivity contribution in [3.05, 3.63) is 52.8 Å². The Morgan fingerprint density at radius 3 is 2.29 bits per heavy atom. The van der Waals surface area contributed by atoms with Crippen molar-refractivity contribution in [3.63, 3.8) is 0 Å². The number of rotatable bonds is 3. The first-order chi connectivity index (χ1) is 9.86. The van der Waals surface area contributed by atoms with Crippen molar-refractivity contribution in [3.8, 4) is 0 Å². The van der Waals surface area contributed by atoms with Crippen molar-refractivity contribution < 1.29 is 19.1 Å². The average Bonchev–Trinajstić information content (AvgIpc) is 2.34. The Morgan fingerprint density at radius 2 is 1.71 bits per heavy atom. The molecule has 108 valence electrons. The number of benzene rings is 1. The summed E-state index contributed by atoms with van der Waals surface area (Å²) in [6, 6.07) is 5.86. The molecule has 0 spiro atoms. The molecule has 1 heterocycles. The Kier molecular flexibility index (Phi) is 4.17. The second-order valence-electron chi connectivity index (χ2n) is 5.17. The minimum absolute atomic E-state index is 0.215. The minimum atomic E-state index is -1.38. The monoisotopic (exact) mass is 284 g/mol. The standard InChI is InChI=1S/C17H16O4/c1-10-6-11(2)8-13(7-10)4-5-14(18)16-15(19)9-12(3)21-17(16)20/h4-9,16H,1-3H3/b5-4-/t16-/m1/s1. The zero-order chi connectivity index (χ0) is 15.6. The molecular weight excluding hydrogens is 268 g/mol. The normalized spacial score (nSPS) is 18.6. The van der Waals surface area contributed by atoms with Crippen LogP contribution in [0.4, 0.5) is 0 Å². The summed E-state index contributed by atoms with van der Waals surface area (Å²) in [5, 5.41) is 0. The molecule has 1 atom stereocenters. The van der Waals surface area contributed by atoms with Crippen LogP contribution in [0.5, 0.6) is 0 Å². The van der Waals surface area contributed by atoms with Gasteiger partial charge in [-0.25, -0.2) is 0 Å². The van der Waals surface area contributed by atoms with Gasteiger partial charge < -0.3 is 4.74 Å². The maximum absolute atomic E-state index is 12.0. The van der Waals surface area contributed by atoms with Gasteiger partial charge in [-0.2, -0.15) is 0 Å². The van der Waals surface area contributed by atoms with Crippen LogP contribution >= 0.6 is 0 Å². The molecule has 0 fully saturated rings. The molecule has 0 aliphatic carbocycles. The third kappa shape index (κ3) is 3.54. The van der Waals surface area contributed by atoms with Gasteiger partial charge in [0.25, 0.3) is 0 Å². The van der Waals surface area contributed by atoms with Gasteiger partial charge in [0.1, 0.15) is 5.76 Å². The highest BCUT2D eigenvalue weighted by Gasteiger charge is 2.36. The maximum Gasteiger partial charge on any atom is 0.329 e. The quantitative estimate of drug-likeness (QED) is 0.486. The number of ether oxygens (including phenoxy) is 1. The van der Waals surface area contributed by atoms with Crippen molar-refractivity contribution in [1.82, 2.24) is 0 Å². The van der Waals surface area contributed by atoms with E-state index in [0.717, 1.165) is 16.7 Å². The second-order valence-corrected chi connectivity index (χ2v) is 5.17. The van der Waals surface area contributed by atoms with Gasteiger partial charge in [0.2, 0.25) is 0 Å².